The first-order valence-corrected chi connectivity index (χ1v) is 8.24. The molecule has 140 valence electrons. The molecule has 7 nitrogen and oxygen atoms in total. The number of amides is 1. The third kappa shape index (κ3) is 5.35. The molecule has 3 aromatic rings. The molecule has 0 aliphatic carbocycles. The molecule has 1 aromatic heterocycles. The Morgan fingerprint density at radius 2 is 1.89 bits per heavy atom. The van der Waals surface area contributed by atoms with Crippen LogP contribution in [0.2, 0.25) is 5.02 Å². The van der Waals surface area contributed by atoms with Crippen LogP contribution in [-0.4, -0.2) is 31.7 Å². The summed E-state index contributed by atoms with van der Waals surface area (Å²) in [4.78, 5) is 13.2. The third-order valence-electron chi connectivity index (χ3n) is 3.22. The van der Waals surface area contributed by atoms with Crippen molar-refractivity contribution >= 4 is 34.8 Å². The van der Waals surface area contributed by atoms with Crippen molar-refractivity contribution in [2.24, 2.45) is 0 Å². The zero-order valence-corrected chi connectivity index (χ0v) is 15.0. The zero-order chi connectivity index (χ0) is 19.4. The van der Waals surface area contributed by atoms with Crippen LogP contribution in [0.1, 0.15) is 0 Å². The molecule has 0 saturated carbocycles. The molecule has 1 amide bonds. The van der Waals surface area contributed by atoms with E-state index in [1.807, 2.05) is 0 Å². The van der Waals surface area contributed by atoms with Gasteiger partial charge in [0.05, 0.1) is 5.02 Å². The maximum absolute atomic E-state index is 12.6. The van der Waals surface area contributed by atoms with Crippen LogP contribution < -0.4 is 10.1 Å². The van der Waals surface area contributed by atoms with Crippen molar-refractivity contribution in [3.8, 4) is 17.1 Å². The second kappa shape index (κ2) is 7.85. The molecule has 0 aliphatic heterocycles. The van der Waals surface area contributed by atoms with Crippen molar-refractivity contribution in [3.05, 3.63) is 53.6 Å². The number of carbonyl (C=O) groups is 1. The van der Waals surface area contributed by atoms with Crippen molar-refractivity contribution in [1.82, 2.24) is 20.2 Å². The average molecular weight is 414 g/mol. The van der Waals surface area contributed by atoms with E-state index in [0.717, 1.165) is 4.80 Å². The number of aromatic nitrogens is 4. The molecule has 11 heteroatoms. The van der Waals surface area contributed by atoms with Crippen molar-refractivity contribution < 1.29 is 18.3 Å². The van der Waals surface area contributed by atoms with Crippen LogP contribution in [0.5, 0.6) is 5.75 Å². The van der Waals surface area contributed by atoms with E-state index >= 15 is 0 Å². The van der Waals surface area contributed by atoms with Gasteiger partial charge < -0.3 is 10.1 Å². The number of anilines is 1. The maximum atomic E-state index is 12.6. The standard InChI is InChI=1S/C16H11Cl2F2N5O2/c17-13-4-2-1-3-12(13)15-22-24-25(23-15)9-14(26)21-10-5-7-11(8-6-10)27-16(18,19)20/h1-8H,9H2,(H,21,26). The molecular formula is C16H11Cl2F2N5O2. The third-order valence-corrected chi connectivity index (χ3v) is 3.63. The molecular weight excluding hydrogens is 403 g/mol. The Balaban J connectivity index is 1.61. The number of hydrogen-bond donors (Lipinski definition) is 1. The van der Waals surface area contributed by atoms with Gasteiger partial charge in [0, 0.05) is 22.9 Å². The highest BCUT2D eigenvalue weighted by Crippen LogP contribution is 2.26. The number of hydrogen-bond acceptors (Lipinski definition) is 5. The quantitative estimate of drug-likeness (QED) is 0.621. The van der Waals surface area contributed by atoms with Crippen LogP contribution in [-0.2, 0) is 11.3 Å². The van der Waals surface area contributed by atoms with Crippen LogP contribution in [0.4, 0.5) is 14.5 Å². The molecule has 3 rings (SSSR count). The van der Waals surface area contributed by atoms with E-state index in [2.05, 4.69) is 37.1 Å². The number of halogens is 4. The van der Waals surface area contributed by atoms with Gasteiger partial charge in [-0.2, -0.15) is 4.80 Å². The summed E-state index contributed by atoms with van der Waals surface area (Å²) in [6.45, 7) is -0.199. The number of carbonyl (C=O) groups excluding carboxylic acids is 1. The number of tetrazole rings is 1. The van der Waals surface area contributed by atoms with Crippen LogP contribution in [0.3, 0.4) is 0 Å². The Kier molecular flexibility index (Phi) is 5.52. The highest BCUT2D eigenvalue weighted by Gasteiger charge is 2.27. The van der Waals surface area contributed by atoms with Gasteiger partial charge in [-0.05, 0) is 41.6 Å². The fourth-order valence-corrected chi connectivity index (χ4v) is 2.44. The molecule has 2 aromatic carbocycles. The van der Waals surface area contributed by atoms with Crippen molar-refractivity contribution in [1.29, 1.82) is 0 Å². The van der Waals surface area contributed by atoms with Gasteiger partial charge >= 0.3 is 5.57 Å². The summed E-state index contributed by atoms with van der Waals surface area (Å²) in [6, 6.07) is 12.2. The monoisotopic (exact) mass is 413 g/mol. The predicted octanol–water partition coefficient (Wildman–Crippen LogP) is 3.80. The normalized spacial score (nSPS) is 11.3. The SMILES string of the molecule is O=C(Cn1nnc(-c2ccccc2Cl)n1)Nc1ccc(OC(F)(F)Cl)cc1. The minimum Gasteiger partial charge on any atom is -0.420 e. The van der Waals surface area contributed by atoms with Crippen LogP contribution >= 0.6 is 23.2 Å². The van der Waals surface area contributed by atoms with Gasteiger partial charge in [0.25, 0.3) is 0 Å². The van der Waals surface area contributed by atoms with E-state index in [1.54, 1.807) is 24.3 Å². The van der Waals surface area contributed by atoms with Gasteiger partial charge in [-0.3, -0.25) is 4.79 Å². The molecule has 1 N–H and O–H groups in total. The number of ether oxygens (including phenoxy) is 1. The predicted molar refractivity (Wildman–Crippen MR) is 94.8 cm³/mol. The van der Waals surface area contributed by atoms with Gasteiger partial charge in [-0.1, -0.05) is 23.7 Å². The first-order valence-electron chi connectivity index (χ1n) is 7.48. The van der Waals surface area contributed by atoms with Gasteiger partial charge in [-0.25, -0.2) is 0 Å². The lowest BCUT2D eigenvalue weighted by Gasteiger charge is -2.11. The summed E-state index contributed by atoms with van der Waals surface area (Å²) in [5.74, 6) is -0.290. The molecule has 0 fully saturated rings. The lowest BCUT2D eigenvalue weighted by molar-refractivity contribution is -0.117. The summed E-state index contributed by atoms with van der Waals surface area (Å²) < 4.78 is 29.3. The maximum Gasteiger partial charge on any atom is 0.487 e. The minimum atomic E-state index is -3.80. The van der Waals surface area contributed by atoms with E-state index < -0.39 is 11.5 Å². The Bertz CT molecular complexity index is 944. The molecule has 1 heterocycles. The fraction of sp³-hybridized carbons (Fsp3) is 0.125. The molecule has 0 spiro atoms. The van der Waals surface area contributed by atoms with Crippen molar-refractivity contribution in [2.45, 2.75) is 12.1 Å². The summed E-state index contributed by atoms with van der Waals surface area (Å²) in [5, 5.41) is 14.8. The number of nitrogens with one attached hydrogen (secondary N) is 1. The van der Waals surface area contributed by atoms with E-state index in [-0.39, 0.29) is 18.1 Å². The summed E-state index contributed by atoms with van der Waals surface area (Å²) in [7, 11) is 0. The van der Waals surface area contributed by atoms with Crippen LogP contribution in [0.15, 0.2) is 48.5 Å². The summed E-state index contributed by atoms with van der Waals surface area (Å²) in [6.07, 6.45) is 0. The molecule has 0 bridgehead atoms. The van der Waals surface area contributed by atoms with E-state index in [4.69, 9.17) is 11.6 Å². The van der Waals surface area contributed by atoms with Crippen molar-refractivity contribution in [3.63, 3.8) is 0 Å². The Morgan fingerprint density at radius 1 is 1.19 bits per heavy atom. The Labute approximate surface area is 161 Å². The summed E-state index contributed by atoms with van der Waals surface area (Å²) >= 11 is 10.8. The summed E-state index contributed by atoms with van der Waals surface area (Å²) in [5.41, 5.74) is -2.84. The largest absolute Gasteiger partial charge is 0.487 e. The molecule has 0 saturated heterocycles. The number of alkyl halides is 3. The lowest BCUT2D eigenvalue weighted by Crippen LogP contribution is -2.20. The zero-order valence-electron chi connectivity index (χ0n) is 13.4. The topological polar surface area (TPSA) is 81.9 Å². The average Bonchev–Trinajstić information content (AvgIpc) is 3.04. The minimum absolute atomic E-state index is 0.143. The molecule has 0 unspecified atom stereocenters. The van der Waals surface area contributed by atoms with Gasteiger partial charge in [-0.15, -0.1) is 19.0 Å². The van der Waals surface area contributed by atoms with E-state index in [1.165, 1.54) is 24.3 Å². The van der Waals surface area contributed by atoms with Gasteiger partial charge in [0.15, 0.2) is 0 Å². The van der Waals surface area contributed by atoms with Gasteiger partial charge in [0.1, 0.15) is 12.3 Å². The van der Waals surface area contributed by atoms with E-state index in [9.17, 15) is 13.6 Å². The lowest BCUT2D eigenvalue weighted by atomic mass is 10.2. The number of rotatable bonds is 6. The second-order valence-corrected chi connectivity index (χ2v) is 6.09. The smallest absolute Gasteiger partial charge is 0.420 e. The van der Waals surface area contributed by atoms with E-state index in [0.29, 0.717) is 16.3 Å². The van der Waals surface area contributed by atoms with Gasteiger partial charge in [0.2, 0.25) is 11.7 Å². The van der Waals surface area contributed by atoms with Crippen molar-refractivity contribution in [2.75, 3.05) is 5.32 Å². The van der Waals surface area contributed by atoms with Crippen LogP contribution in [0.25, 0.3) is 11.4 Å². The highest BCUT2D eigenvalue weighted by atomic mass is 35.5. The molecule has 0 atom stereocenters. The Morgan fingerprint density at radius 3 is 2.56 bits per heavy atom. The molecule has 0 radical (unpaired) electrons. The second-order valence-electron chi connectivity index (χ2n) is 5.24. The number of benzene rings is 2. The first kappa shape index (κ1) is 19.0. The van der Waals surface area contributed by atoms with Crippen LogP contribution in [0, 0.1) is 0 Å². The Hall–Kier alpha value is -2.78. The highest BCUT2D eigenvalue weighted by molar-refractivity contribution is 6.33. The number of nitrogens with zero attached hydrogens (tertiary/aromatic N) is 4. The molecule has 27 heavy (non-hydrogen) atoms. The molecule has 0 aliphatic rings. The first-order chi connectivity index (χ1) is 12.8. The fourth-order valence-electron chi connectivity index (χ4n) is 2.13.